The molecule has 2 aromatic rings. The molecule has 2 aliphatic rings. The van der Waals surface area contributed by atoms with Crippen molar-refractivity contribution in [3.8, 4) is 5.88 Å². The zero-order valence-corrected chi connectivity index (χ0v) is 21.1. The van der Waals surface area contributed by atoms with E-state index in [0.29, 0.717) is 31.7 Å². The van der Waals surface area contributed by atoms with Gasteiger partial charge in [-0.05, 0) is 42.4 Å². The van der Waals surface area contributed by atoms with Crippen LogP contribution in [0, 0.1) is 5.41 Å². The average molecular weight is 518 g/mol. The van der Waals surface area contributed by atoms with Gasteiger partial charge in [-0.1, -0.05) is 41.9 Å². The van der Waals surface area contributed by atoms with Crippen molar-refractivity contribution >= 4 is 39.3 Å². The number of piperidine rings is 1. The maximum absolute atomic E-state index is 13.0. The number of carbonyl (C=O) groups excluding carboxylic acids is 2. The number of sulfone groups is 1. The Morgan fingerprint density at radius 1 is 1.09 bits per heavy atom. The lowest BCUT2D eigenvalue weighted by Crippen LogP contribution is -2.45. The number of likely N-dealkylation sites (tertiary alicyclic amines) is 2. The van der Waals surface area contributed by atoms with Gasteiger partial charge in [-0.15, -0.1) is 0 Å². The molecule has 4 rings (SSSR count). The Labute approximate surface area is 210 Å². The fourth-order valence-corrected chi connectivity index (χ4v) is 5.87. The Bertz CT molecular complexity index is 1220. The van der Waals surface area contributed by atoms with Crippen LogP contribution in [0.1, 0.15) is 35.2 Å². The second-order valence-electron chi connectivity index (χ2n) is 9.10. The third-order valence-electron chi connectivity index (χ3n) is 6.72. The van der Waals surface area contributed by atoms with E-state index in [1.54, 1.807) is 28.0 Å². The van der Waals surface area contributed by atoms with Crippen molar-refractivity contribution in [2.45, 2.75) is 19.3 Å². The summed E-state index contributed by atoms with van der Waals surface area (Å²) in [7, 11) is -2.20. The maximum atomic E-state index is 13.0. The van der Waals surface area contributed by atoms with Gasteiger partial charge in [0.2, 0.25) is 11.8 Å². The standard InChI is InChI=1S/C25H28ClN3O5S/c1-34-22-16-20(15-21(26)27-22)24(31)28-11-8-25(9-12-28)10-13-29(18-25)23(30)17-35(32,33)14-7-19-5-3-2-4-6-19/h2-7,14-16H,8-13,17-18H2,1H3/b14-7+. The lowest BCUT2D eigenvalue weighted by atomic mass is 9.77. The Morgan fingerprint density at radius 2 is 1.74 bits per heavy atom. The highest BCUT2D eigenvalue weighted by atomic mass is 35.5. The number of methoxy groups -OCH3 is 1. The first-order valence-corrected chi connectivity index (χ1v) is 13.5. The minimum atomic E-state index is -3.67. The van der Waals surface area contributed by atoms with Crippen LogP contribution in [0.15, 0.2) is 47.9 Å². The molecular weight excluding hydrogens is 490 g/mol. The summed E-state index contributed by atoms with van der Waals surface area (Å²) in [6.07, 6.45) is 3.81. The molecule has 35 heavy (non-hydrogen) atoms. The highest BCUT2D eigenvalue weighted by molar-refractivity contribution is 7.95. The molecule has 2 fully saturated rings. The van der Waals surface area contributed by atoms with Crippen LogP contribution in [0.5, 0.6) is 5.88 Å². The molecule has 0 atom stereocenters. The molecule has 10 heteroatoms. The molecular formula is C25H28ClN3O5S. The van der Waals surface area contributed by atoms with Crippen molar-refractivity contribution in [3.63, 3.8) is 0 Å². The number of aromatic nitrogens is 1. The summed E-state index contributed by atoms with van der Waals surface area (Å²) in [5.41, 5.74) is 1.09. The zero-order valence-electron chi connectivity index (χ0n) is 19.5. The minimum absolute atomic E-state index is 0.0936. The van der Waals surface area contributed by atoms with E-state index in [0.717, 1.165) is 30.2 Å². The Morgan fingerprint density at radius 3 is 2.40 bits per heavy atom. The van der Waals surface area contributed by atoms with Crippen LogP contribution < -0.4 is 4.74 Å². The first-order valence-electron chi connectivity index (χ1n) is 11.4. The monoisotopic (exact) mass is 517 g/mol. The quantitative estimate of drug-likeness (QED) is 0.545. The molecule has 8 nitrogen and oxygen atoms in total. The largest absolute Gasteiger partial charge is 0.481 e. The van der Waals surface area contributed by atoms with Crippen LogP contribution >= 0.6 is 11.6 Å². The Kier molecular flexibility index (Phi) is 7.47. The van der Waals surface area contributed by atoms with Gasteiger partial charge in [0.1, 0.15) is 10.9 Å². The van der Waals surface area contributed by atoms with E-state index in [9.17, 15) is 18.0 Å². The number of nitrogens with zero attached hydrogens (tertiary/aromatic N) is 3. The van der Waals surface area contributed by atoms with Gasteiger partial charge in [0, 0.05) is 43.2 Å². The SMILES string of the molecule is COc1cc(C(=O)N2CCC3(CCN(C(=O)CS(=O)(=O)/C=C/c4ccccc4)C3)CC2)cc(Cl)n1. The highest BCUT2D eigenvalue weighted by Crippen LogP contribution is 2.40. The molecule has 0 unspecified atom stereocenters. The molecule has 1 spiro atoms. The van der Waals surface area contributed by atoms with E-state index in [-0.39, 0.29) is 28.3 Å². The summed E-state index contributed by atoms with van der Waals surface area (Å²) in [5, 5.41) is 1.30. The molecule has 2 saturated heterocycles. The van der Waals surface area contributed by atoms with Gasteiger partial charge in [-0.3, -0.25) is 9.59 Å². The molecule has 2 amide bonds. The van der Waals surface area contributed by atoms with Crippen LogP contribution in [-0.2, 0) is 14.6 Å². The predicted octanol–water partition coefficient (Wildman–Crippen LogP) is 3.28. The normalized spacial score (nSPS) is 17.8. The molecule has 2 aliphatic heterocycles. The second-order valence-corrected chi connectivity index (χ2v) is 11.4. The van der Waals surface area contributed by atoms with Crippen LogP contribution in [0.3, 0.4) is 0 Å². The minimum Gasteiger partial charge on any atom is -0.481 e. The van der Waals surface area contributed by atoms with Crippen molar-refractivity contribution in [3.05, 3.63) is 64.2 Å². The van der Waals surface area contributed by atoms with Gasteiger partial charge in [-0.2, -0.15) is 0 Å². The van der Waals surface area contributed by atoms with Gasteiger partial charge in [0.15, 0.2) is 9.84 Å². The summed E-state index contributed by atoms with van der Waals surface area (Å²) in [4.78, 5) is 33.2. The van der Waals surface area contributed by atoms with E-state index < -0.39 is 15.6 Å². The van der Waals surface area contributed by atoms with Crippen LogP contribution in [0.25, 0.3) is 6.08 Å². The second kappa shape index (κ2) is 10.4. The van der Waals surface area contributed by atoms with Crippen molar-refractivity contribution in [1.29, 1.82) is 0 Å². The molecule has 0 radical (unpaired) electrons. The molecule has 0 bridgehead atoms. The molecule has 0 aliphatic carbocycles. The summed E-state index contributed by atoms with van der Waals surface area (Å²) in [6.45, 7) is 2.16. The topological polar surface area (TPSA) is 96.9 Å². The zero-order chi connectivity index (χ0) is 25.1. The lowest BCUT2D eigenvalue weighted by molar-refractivity contribution is -0.128. The lowest BCUT2D eigenvalue weighted by Gasteiger charge is -2.39. The summed E-state index contributed by atoms with van der Waals surface area (Å²) in [6, 6.07) is 12.2. The molecule has 1 aromatic heterocycles. The van der Waals surface area contributed by atoms with Crippen LogP contribution in [0.4, 0.5) is 0 Å². The number of ether oxygens (including phenoxy) is 1. The van der Waals surface area contributed by atoms with Crippen molar-refractivity contribution in [2.75, 3.05) is 39.0 Å². The summed E-state index contributed by atoms with van der Waals surface area (Å²) >= 11 is 6.01. The van der Waals surface area contributed by atoms with Gasteiger partial charge in [0.25, 0.3) is 5.91 Å². The van der Waals surface area contributed by atoms with Gasteiger partial charge in [0.05, 0.1) is 7.11 Å². The highest BCUT2D eigenvalue weighted by Gasteiger charge is 2.43. The number of amides is 2. The Balaban J connectivity index is 1.32. The van der Waals surface area contributed by atoms with E-state index in [2.05, 4.69) is 4.98 Å². The van der Waals surface area contributed by atoms with Crippen molar-refractivity contribution in [1.82, 2.24) is 14.8 Å². The summed E-state index contributed by atoms with van der Waals surface area (Å²) < 4.78 is 30.0. The molecule has 0 saturated carbocycles. The summed E-state index contributed by atoms with van der Waals surface area (Å²) in [5.74, 6) is -0.768. The number of hydrogen-bond donors (Lipinski definition) is 0. The first kappa shape index (κ1) is 25.2. The number of carbonyl (C=O) groups is 2. The Hall–Kier alpha value is -2.91. The molecule has 1 aromatic carbocycles. The smallest absolute Gasteiger partial charge is 0.254 e. The third kappa shape index (κ3) is 6.21. The molecule has 0 N–H and O–H groups in total. The van der Waals surface area contributed by atoms with Crippen LogP contribution in [0.2, 0.25) is 5.15 Å². The van der Waals surface area contributed by atoms with Crippen LogP contribution in [-0.4, -0.2) is 74.1 Å². The van der Waals surface area contributed by atoms with E-state index >= 15 is 0 Å². The number of rotatable bonds is 6. The van der Waals surface area contributed by atoms with E-state index in [4.69, 9.17) is 16.3 Å². The number of hydrogen-bond acceptors (Lipinski definition) is 6. The number of benzene rings is 1. The number of pyridine rings is 1. The maximum Gasteiger partial charge on any atom is 0.254 e. The first-order chi connectivity index (χ1) is 16.7. The van der Waals surface area contributed by atoms with Crippen molar-refractivity contribution in [2.24, 2.45) is 5.41 Å². The third-order valence-corrected chi connectivity index (χ3v) is 8.11. The molecule has 186 valence electrons. The predicted molar refractivity (Wildman–Crippen MR) is 134 cm³/mol. The average Bonchev–Trinajstić information content (AvgIpc) is 3.26. The van der Waals surface area contributed by atoms with Gasteiger partial charge >= 0.3 is 0 Å². The fraction of sp³-hybridized carbons (Fsp3) is 0.400. The van der Waals surface area contributed by atoms with E-state index in [1.807, 2.05) is 18.2 Å². The fourth-order valence-electron chi connectivity index (χ4n) is 4.68. The van der Waals surface area contributed by atoms with Gasteiger partial charge in [-0.25, -0.2) is 13.4 Å². The van der Waals surface area contributed by atoms with Crippen molar-refractivity contribution < 1.29 is 22.7 Å². The van der Waals surface area contributed by atoms with E-state index in [1.165, 1.54) is 19.3 Å². The number of halogens is 1. The molecule has 3 heterocycles. The van der Waals surface area contributed by atoms with Gasteiger partial charge < -0.3 is 14.5 Å².